The number of hydrogen-bond donors (Lipinski definition) is 1. The van der Waals surface area contributed by atoms with Gasteiger partial charge in [-0.1, -0.05) is 39.3 Å². The fourth-order valence-electron chi connectivity index (χ4n) is 1.71. The van der Waals surface area contributed by atoms with Gasteiger partial charge in [-0.05, 0) is 13.0 Å². The Bertz CT molecular complexity index is 290. The van der Waals surface area contributed by atoms with E-state index in [0.717, 1.165) is 31.1 Å². The molecule has 1 unspecified atom stereocenters. The first-order valence-electron chi connectivity index (χ1n) is 6.23. The van der Waals surface area contributed by atoms with Crippen molar-refractivity contribution in [3.8, 4) is 0 Å². The fourth-order valence-corrected chi connectivity index (χ4v) is 1.71. The number of hydrogen-bond acceptors (Lipinski definition) is 4. The lowest BCUT2D eigenvalue weighted by Gasteiger charge is -2.14. The van der Waals surface area contributed by atoms with Gasteiger partial charge in [0.1, 0.15) is 0 Å². The Morgan fingerprint density at radius 3 is 2.56 bits per heavy atom. The molecule has 0 aliphatic carbocycles. The third-order valence-corrected chi connectivity index (χ3v) is 2.55. The molecule has 1 rings (SSSR count). The summed E-state index contributed by atoms with van der Waals surface area (Å²) in [6.45, 7) is 9.44. The van der Waals surface area contributed by atoms with Crippen molar-refractivity contribution in [2.75, 3.05) is 6.54 Å². The number of likely N-dealkylation sites (N-methyl/N-ethyl adjacent to an activating group) is 1. The van der Waals surface area contributed by atoms with E-state index in [4.69, 9.17) is 4.52 Å². The monoisotopic (exact) mass is 225 g/mol. The summed E-state index contributed by atoms with van der Waals surface area (Å²) in [4.78, 5) is 4.40. The number of rotatable bonds is 7. The van der Waals surface area contributed by atoms with Crippen LogP contribution in [-0.4, -0.2) is 22.7 Å². The number of nitrogens with zero attached hydrogens (tertiary/aromatic N) is 2. The molecule has 16 heavy (non-hydrogen) atoms. The molecular formula is C12H23N3O. The Morgan fingerprint density at radius 1 is 1.31 bits per heavy atom. The molecule has 1 heterocycles. The van der Waals surface area contributed by atoms with E-state index in [9.17, 15) is 0 Å². The minimum absolute atomic E-state index is 0.334. The smallest absolute Gasteiger partial charge is 0.228 e. The van der Waals surface area contributed by atoms with E-state index in [1.165, 1.54) is 6.42 Å². The van der Waals surface area contributed by atoms with Crippen molar-refractivity contribution in [3.63, 3.8) is 0 Å². The fraction of sp³-hybridized carbons (Fsp3) is 0.833. The maximum absolute atomic E-state index is 5.25. The Balaban J connectivity index is 2.55. The topological polar surface area (TPSA) is 51.0 Å². The summed E-state index contributed by atoms with van der Waals surface area (Å²) in [6.07, 6.45) is 3.15. The van der Waals surface area contributed by atoms with E-state index in [0.29, 0.717) is 12.0 Å². The van der Waals surface area contributed by atoms with Gasteiger partial charge in [-0.15, -0.1) is 0 Å². The van der Waals surface area contributed by atoms with Crippen LogP contribution in [0.3, 0.4) is 0 Å². The summed E-state index contributed by atoms with van der Waals surface area (Å²) in [5, 5.41) is 7.42. The summed E-state index contributed by atoms with van der Waals surface area (Å²) >= 11 is 0. The first-order chi connectivity index (χ1) is 7.67. The van der Waals surface area contributed by atoms with Crippen LogP contribution in [-0.2, 0) is 6.42 Å². The Morgan fingerprint density at radius 2 is 2.06 bits per heavy atom. The van der Waals surface area contributed by atoms with Crippen LogP contribution in [0.1, 0.15) is 58.2 Å². The van der Waals surface area contributed by atoms with Gasteiger partial charge < -0.3 is 9.84 Å². The zero-order chi connectivity index (χ0) is 12.0. The van der Waals surface area contributed by atoms with Crippen molar-refractivity contribution in [2.24, 2.45) is 0 Å². The number of aromatic nitrogens is 2. The van der Waals surface area contributed by atoms with Crippen LogP contribution in [0.4, 0.5) is 0 Å². The van der Waals surface area contributed by atoms with E-state index in [2.05, 4.69) is 43.2 Å². The molecule has 4 heteroatoms. The molecule has 92 valence electrons. The third kappa shape index (κ3) is 3.93. The SMILES string of the molecule is CCCC(Cc1nc(C(C)C)no1)NCC. The van der Waals surface area contributed by atoms with E-state index in [-0.39, 0.29) is 0 Å². The van der Waals surface area contributed by atoms with Gasteiger partial charge in [-0.25, -0.2) is 0 Å². The zero-order valence-electron chi connectivity index (χ0n) is 10.8. The van der Waals surface area contributed by atoms with Crippen molar-refractivity contribution in [3.05, 3.63) is 11.7 Å². The third-order valence-electron chi connectivity index (χ3n) is 2.55. The Hall–Kier alpha value is -0.900. The van der Waals surface area contributed by atoms with Gasteiger partial charge in [0.2, 0.25) is 5.89 Å². The van der Waals surface area contributed by atoms with E-state index in [1.54, 1.807) is 0 Å². The minimum atomic E-state index is 0.334. The summed E-state index contributed by atoms with van der Waals surface area (Å²) in [7, 11) is 0. The van der Waals surface area contributed by atoms with Gasteiger partial charge in [0.15, 0.2) is 5.82 Å². The van der Waals surface area contributed by atoms with Gasteiger partial charge in [0.25, 0.3) is 0 Å². The summed E-state index contributed by atoms with van der Waals surface area (Å²) < 4.78 is 5.25. The van der Waals surface area contributed by atoms with Gasteiger partial charge in [-0.3, -0.25) is 0 Å². The molecule has 0 aliphatic rings. The van der Waals surface area contributed by atoms with E-state index >= 15 is 0 Å². The molecule has 1 atom stereocenters. The highest BCUT2D eigenvalue weighted by Gasteiger charge is 2.14. The average Bonchev–Trinajstić information content (AvgIpc) is 2.67. The lowest BCUT2D eigenvalue weighted by atomic mass is 10.1. The second-order valence-electron chi connectivity index (χ2n) is 4.45. The molecule has 0 aromatic carbocycles. The van der Waals surface area contributed by atoms with Gasteiger partial charge in [-0.2, -0.15) is 4.98 Å². The van der Waals surface area contributed by atoms with Gasteiger partial charge in [0, 0.05) is 18.4 Å². The van der Waals surface area contributed by atoms with E-state index in [1.807, 2.05) is 0 Å². The van der Waals surface area contributed by atoms with Gasteiger partial charge in [0.05, 0.1) is 0 Å². The van der Waals surface area contributed by atoms with Crippen molar-refractivity contribution < 1.29 is 4.52 Å². The zero-order valence-corrected chi connectivity index (χ0v) is 10.8. The molecular weight excluding hydrogens is 202 g/mol. The lowest BCUT2D eigenvalue weighted by molar-refractivity contribution is 0.347. The number of nitrogens with one attached hydrogen (secondary N) is 1. The maximum Gasteiger partial charge on any atom is 0.228 e. The molecule has 0 bridgehead atoms. The molecule has 0 spiro atoms. The Kier molecular flexibility index (Phi) is 5.46. The minimum Gasteiger partial charge on any atom is -0.339 e. The van der Waals surface area contributed by atoms with Crippen LogP contribution in [0.5, 0.6) is 0 Å². The highest BCUT2D eigenvalue weighted by atomic mass is 16.5. The van der Waals surface area contributed by atoms with Gasteiger partial charge >= 0.3 is 0 Å². The molecule has 1 aromatic heterocycles. The molecule has 0 saturated heterocycles. The lowest BCUT2D eigenvalue weighted by Crippen LogP contribution is -2.30. The van der Waals surface area contributed by atoms with Crippen LogP contribution >= 0.6 is 0 Å². The highest BCUT2D eigenvalue weighted by molar-refractivity contribution is 4.93. The quantitative estimate of drug-likeness (QED) is 0.774. The summed E-state index contributed by atoms with van der Waals surface area (Å²) in [5.74, 6) is 1.89. The second-order valence-corrected chi connectivity index (χ2v) is 4.45. The molecule has 4 nitrogen and oxygen atoms in total. The normalized spacial score (nSPS) is 13.3. The first kappa shape index (κ1) is 13.2. The van der Waals surface area contributed by atoms with E-state index < -0.39 is 0 Å². The van der Waals surface area contributed by atoms with Crippen LogP contribution in [0.25, 0.3) is 0 Å². The standard InChI is InChI=1S/C12H23N3O/c1-5-7-10(13-6-2)8-11-14-12(9(3)4)15-16-11/h9-10,13H,5-8H2,1-4H3. The van der Waals surface area contributed by atoms with Crippen molar-refractivity contribution >= 4 is 0 Å². The average molecular weight is 225 g/mol. The summed E-state index contributed by atoms with van der Waals surface area (Å²) in [6, 6.07) is 0.454. The van der Waals surface area contributed by atoms with Crippen LogP contribution in [0.2, 0.25) is 0 Å². The van der Waals surface area contributed by atoms with Crippen LogP contribution in [0.15, 0.2) is 4.52 Å². The summed E-state index contributed by atoms with van der Waals surface area (Å²) in [5.41, 5.74) is 0. The predicted molar refractivity (Wildman–Crippen MR) is 64.5 cm³/mol. The van der Waals surface area contributed by atoms with Crippen LogP contribution in [0, 0.1) is 0 Å². The molecule has 1 N–H and O–H groups in total. The molecule has 1 aromatic rings. The molecule has 0 fully saturated rings. The van der Waals surface area contributed by atoms with Crippen LogP contribution < -0.4 is 5.32 Å². The highest BCUT2D eigenvalue weighted by Crippen LogP contribution is 2.12. The maximum atomic E-state index is 5.25. The van der Waals surface area contributed by atoms with Crippen molar-refractivity contribution in [1.29, 1.82) is 0 Å². The molecule has 0 amide bonds. The first-order valence-corrected chi connectivity index (χ1v) is 6.23. The second kappa shape index (κ2) is 6.63. The van der Waals surface area contributed by atoms with Crippen molar-refractivity contribution in [2.45, 2.75) is 58.9 Å². The molecule has 0 aliphatic heterocycles. The molecule has 0 radical (unpaired) electrons. The largest absolute Gasteiger partial charge is 0.339 e. The van der Waals surface area contributed by atoms with Crippen molar-refractivity contribution in [1.82, 2.24) is 15.5 Å². The molecule has 0 saturated carbocycles. The Labute approximate surface area is 97.8 Å². The predicted octanol–water partition coefficient (Wildman–Crippen LogP) is 2.51.